The second kappa shape index (κ2) is 12.0. The van der Waals surface area contributed by atoms with Crippen LogP contribution >= 0.6 is 0 Å². The van der Waals surface area contributed by atoms with E-state index in [-0.39, 0.29) is 42.7 Å². The number of nitrogens with one attached hydrogen (secondary N) is 1. The zero-order valence-electron chi connectivity index (χ0n) is 22.7. The van der Waals surface area contributed by atoms with Gasteiger partial charge in [-0.05, 0) is 60.6 Å². The maximum atomic E-state index is 14.0. The zero-order chi connectivity index (χ0) is 28.2. The Kier molecular flexibility index (Phi) is 8.68. The lowest BCUT2D eigenvalue weighted by molar-refractivity contribution is -0.115. The number of carboxylic acid groups (broad SMARTS) is 1. The topological polar surface area (TPSA) is 69.6 Å². The third kappa shape index (κ3) is 7.22. The number of aryl methyl sites for hydroxylation is 1. The average Bonchev–Trinajstić information content (AvgIpc) is 2.89. The lowest BCUT2D eigenvalue weighted by Crippen LogP contribution is -2.43. The van der Waals surface area contributed by atoms with Gasteiger partial charge in [-0.25, -0.2) is 13.6 Å². The minimum absolute atomic E-state index is 0.0862. The number of anilines is 2. The van der Waals surface area contributed by atoms with E-state index in [1.54, 1.807) is 30.3 Å². The molecule has 0 radical (unpaired) electrons. The SMILES string of the molecule is Cc1ccc(CC(=O)Nc2cc(-c3ccccc3C(=O)O)ccc2N(CC(C)C)C2CCC(F)(F)CC2)cc1. The van der Waals surface area contributed by atoms with Crippen LogP contribution in [0.5, 0.6) is 0 Å². The number of rotatable bonds is 9. The monoisotopic (exact) mass is 534 g/mol. The van der Waals surface area contributed by atoms with E-state index in [9.17, 15) is 23.5 Å². The van der Waals surface area contributed by atoms with E-state index in [2.05, 4.69) is 24.1 Å². The molecule has 1 amide bonds. The second-order valence-corrected chi connectivity index (χ2v) is 10.9. The smallest absolute Gasteiger partial charge is 0.336 e. The van der Waals surface area contributed by atoms with E-state index in [0.717, 1.165) is 16.8 Å². The summed E-state index contributed by atoms with van der Waals surface area (Å²) in [5, 5.41) is 12.8. The van der Waals surface area contributed by atoms with E-state index < -0.39 is 11.9 Å². The summed E-state index contributed by atoms with van der Waals surface area (Å²) in [6.07, 6.45) is 0.576. The summed E-state index contributed by atoms with van der Waals surface area (Å²) < 4.78 is 28.0. The fraction of sp³-hybridized carbons (Fsp3) is 0.375. The number of carbonyl (C=O) groups excluding carboxylic acids is 1. The van der Waals surface area contributed by atoms with Gasteiger partial charge in [-0.1, -0.05) is 67.9 Å². The Morgan fingerprint density at radius 1 is 1.03 bits per heavy atom. The quantitative estimate of drug-likeness (QED) is 0.297. The van der Waals surface area contributed by atoms with Gasteiger partial charge in [-0.3, -0.25) is 4.79 Å². The summed E-state index contributed by atoms with van der Waals surface area (Å²) >= 11 is 0. The first-order valence-corrected chi connectivity index (χ1v) is 13.5. The van der Waals surface area contributed by atoms with Gasteiger partial charge in [0.25, 0.3) is 0 Å². The summed E-state index contributed by atoms with van der Waals surface area (Å²) in [5.41, 5.74) is 4.64. The molecule has 0 aromatic heterocycles. The van der Waals surface area contributed by atoms with Crippen molar-refractivity contribution in [1.29, 1.82) is 0 Å². The zero-order valence-corrected chi connectivity index (χ0v) is 22.7. The molecule has 0 spiro atoms. The number of hydrogen-bond acceptors (Lipinski definition) is 3. The highest BCUT2D eigenvalue weighted by Crippen LogP contribution is 2.40. The van der Waals surface area contributed by atoms with Gasteiger partial charge in [-0.15, -0.1) is 0 Å². The molecule has 3 aromatic rings. The fourth-order valence-electron chi connectivity index (χ4n) is 5.24. The first-order chi connectivity index (χ1) is 18.5. The Bertz CT molecular complexity index is 1310. The number of amides is 1. The van der Waals surface area contributed by atoms with Crippen LogP contribution in [0.1, 0.15) is 61.0 Å². The van der Waals surface area contributed by atoms with Crippen LogP contribution in [0.2, 0.25) is 0 Å². The molecule has 1 saturated carbocycles. The van der Waals surface area contributed by atoms with E-state index in [1.807, 2.05) is 43.3 Å². The van der Waals surface area contributed by atoms with Crippen molar-refractivity contribution in [3.8, 4) is 11.1 Å². The lowest BCUT2D eigenvalue weighted by Gasteiger charge is -2.40. The van der Waals surface area contributed by atoms with Crippen LogP contribution in [-0.4, -0.2) is 35.5 Å². The number of hydrogen-bond donors (Lipinski definition) is 2. The van der Waals surface area contributed by atoms with E-state index in [1.165, 1.54) is 0 Å². The molecule has 0 unspecified atom stereocenters. The number of carboxylic acids is 1. The normalized spacial score (nSPS) is 15.2. The Labute approximate surface area is 228 Å². The molecule has 206 valence electrons. The van der Waals surface area contributed by atoms with Crippen molar-refractivity contribution in [2.24, 2.45) is 5.92 Å². The van der Waals surface area contributed by atoms with Crippen LogP contribution in [-0.2, 0) is 11.2 Å². The highest BCUT2D eigenvalue weighted by Gasteiger charge is 2.37. The van der Waals surface area contributed by atoms with E-state index in [0.29, 0.717) is 36.2 Å². The fourth-order valence-corrected chi connectivity index (χ4v) is 5.24. The van der Waals surface area contributed by atoms with Crippen LogP contribution in [0.25, 0.3) is 11.1 Å². The molecule has 3 aromatic carbocycles. The maximum absolute atomic E-state index is 14.0. The lowest BCUT2D eigenvalue weighted by atomic mass is 9.90. The molecule has 5 nitrogen and oxygen atoms in total. The van der Waals surface area contributed by atoms with Gasteiger partial charge in [-0.2, -0.15) is 0 Å². The summed E-state index contributed by atoms with van der Waals surface area (Å²) in [5.74, 6) is -3.63. The van der Waals surface area contributed by atoms with E-state index in [4.69, 9.17) is 0 Å². The third-order valence-corrected chi connectivity index (χ3v) is 7.22. The number of alkyl halides is 2. The van der Waals surface area contributed by atoms with Crippen molar-refractivity contribution in [3.63, 3.8) is 0 Å². The van der Waals surface area contributed by atoms with Crippen LogP contribution in [0.15, 0.2) is 66.7 Å². The Balaban J connectivity index is 1.74. The molecule has 4 rings (SSSR count). The molecule has 7 heteroatoms. The molecular weight excluding hydrogens is 498 g/mol. The first-order valence-electron chi connectivity index (χ1n) is 13.5. The van der Waals surface area contributed by atoms with Gasteiger partial charge in [0.15, 0.2) is 0 Å². The first kappa shape index (κ1) is 28.3. The van der Waals surface area contributed by atoms with Gasteiger partial charge in [0, 0.05) is 25.4 Å². The van der Waals surface area contributed by atoms with Gasteiger partial charge in [0.1, 0.15) is 0 Å². The number of benzene rings is 3. The van der Waals surface area contributed by atoms with Gasteiger partial charge in [0.2, 0.25) is 11.8 Å². The molecule has 0 aliphatic heterocycles. The predicted octanol–water partition coefficient (Wildman–Crippen LogP) is 7.58. The molecule has 2 N–H and O–H groups in total. The van der Waals surface area contributed by atoms with Crippen LogP contribution < -0.4 is 10.2 Å². The number of aromatic carboxylic acids is 1. The highest BCUT2D eigenvalue weighted by molar-refractivity contribution is 5.99. The standard InChI is InChI=1S/C32H36F2N2O3/c1-21(2)20-36(25-14-16-32(33,34)17-15-25)29-13-12-24(26-6-4-5-7-27(26)31(38)39)19-28(29)35-30(37)18-23-10-8-22(3)9-11-23/h4-13,19,21,25H,14-18,20H2,1-3H3,(H,35,37)(H,38,39). The largest absolute Gasteiger partial charge is 0.478 e. The number of nitrogens with zero attached hydrogens (tertiary/aromatic N) is 1. The Morgan fingerprint density at radius 2 is 1.69 bits per heavy atom. The third-order valence-electron chi connectivity index (χ3n) is 7.22. The average molecular weight is 535 g/mol. The summed E-state index contributed by atoms with van der Waals surface area (Å²) in [6, 6.07) is 19.9. The Morgan fingerprint density at radius 3 is 2.33 bits per heavy atom. The number of halogens is 2. The van der Waals surface area contributed by atoms with Gasteiger partial charge < -0.3 is 15.3 Å². The molecule has 0 saturated heterocycles. The van der Waals surface area contributed by atoms with Crippen molar-refractivity contribution < 1.29 is 23.5 Å². The van der Waals surface area contributed by atoms with Crippen molar-refractivity contribution >= 4 is 23.3 Å². The molecule has 1 fully saturated rings. The Hall–Kier alpha value is -3.74. The molecule has 39 heavy (non-hydrogen) atoms. The van der Waals surface area contributed by atoms with Crippen LogP contribution in [0.3, 0.4) is 0 Å². The second-order valence-electron chi connectivity index (χ2n) is 10.9. The van der Waals surface area contributed by atoms with Crippen LogP contribution in [0.4, 0.5) is 20.2 Å². The maximum Gasteiger partial charge on any atom is 0.336 e. The van der Waals surface area contributed by atoms with Crippen LogP contribution in [0, 0.1) is 12.8 Å². The minimum atomic E-state index is -2.64. The van der Waals surface area contributed by atoms with Gasteiger partial charge in [0.05, 0.1) is 23.4 Å². The number of carbonyl (C=O) groups is 2. The van der Waals surface area contributed by atoms with Crippen molar-refractivity contribution in [2.45, 2.75) is 64.8 Å². The van der Waals surface area contributed by atoms with E-state index >= 15 is 0 Å². The highest BCUT2D eigenvalue weighted by atomic mass is 19.3. The molecule has 0 atom stereocenters. The van der Waals surface area contributed by atoms with Crippen molar-refractivity contribution in [1.82, 2.24) is 0 Å². The van der Waals surface area contributed by atoms with Crippen molar-refractivity contribution in [3.05, 3.63) is 83.4 Å². The molecule has 0 bridgehead atoms. The van der Waals surface area contributed by atoms with Gasteiger partial charge >= 0.3 is 5.97 Å². The minimum Gasteiger partial charge on any atom is -0.478 e. The van der Waals surface area contributed by atoms with Crippen molar-refractivity contribution in [2.75, 3.05) is 16.8 Å². The molecular formula is C32H36F2N2O3. The summed E-state index contributed by atoms with van der Waals surface area (Å²) in [6.45, 7) is 6.79. The predicted molar refractivity (Wildman–Crippen MR) is 152 cm³/mol. The molecule has 1 aliphatic rings. The molecule has 0 heterocycles. The molecule has 1 aliphatic carbocycles. The summed E-state index contributed by atoms with van der Waals surface area (Å²) in [7, 11) is 0. The summed E-state index contributed by atoms with van der Waals surface area (Å²) in [4.78, 5) is 27.3.